The highest BCUT2D eigenvalue weighted by molar-refractivity contribution is 14.1. The van der Waals surface area contributed by atoms with Gasteiger partial charge < -0.3 is 10.2 Å². The molecule has 0 saturated carbocycles. The standard InChI is InChI=1S/C15H22FIN2O/c1-10(2)7-12(9-19(3)4)18-15(20)13-8-11(16)5-6-14(13)17/h5-6,8,10,12H,7,9H2,1-4H3,(H,18,20). The summed E-state index contributed by atoms with van der Waals surface area (Å²) in [5, 5.41) is 3.01. The maximum atomic E-state index is 13.3. The van der Waals surface area contributed by atoms with Crippen LogP contribution in [0.25, 0.3) is 0 Å². The second-order valence-electron chi connectivity index (χ2n) is 5.69. The van der Waals surface area contributed by atoms with E-state index in [1.807, 2.05) is 19.0 Å². The number of nitrogens with one attached hydrogen (secondary N) is 1. The molecule has 5 heteroatoms. The summed E-state index contributed by atoms with van der Waals surface area (Å²) in [6.07, 6.45) is 0.899. The van der Waals surface area contributed by atoms with Gasteiger partial charge in [0.05, 0.1) is 5.56 Å². The Morgan fingerprint density at radius 1 is 1.40 bits per heavy atom. The Labute approximate surface area is 134 Å². The van der Waals surface area contributed by atoms with Crippen LogP contribution in [-0.2, 0) is 0 Å². The molecule has 0 aromatic heterocycles. The molecule has 112 valence electrons. The van der Waals surface area contributed by atoms with Crippen LogP contribution >= 0.6 is 22.6 Å². The van der Waals surface area contributed by atoms with Crippen molar-refractivity contribution in [3.8, 4) is 0 Å². The number of hydrogen-bond donors (Lipinski definition) is 1. The Bertz CT molecular complexity index is 453. The summed E-state index contributed by atoms with van der Waals surface area (Å²) >= 11 is 2.05. The largest absolute Gasteiger partial charge is 0.348 e. The van der Waals surface area contributed by atoms with E-state index >= 15 is 0 Å². The van der Waals surface area contributed by atoms with Crippen molar-refractivity contribution in [2.45, 2.75) is 26.3 Å². The second-order valence-corrected chi connectivity index (χ2v) is 6.85. The molecule has 0 aliphatic rings. The molecule has 0 spiro atoms. The van der Waals surface area contributed by atoms with Crippen LogP contribution in [0.1, 0.15) is 30.6 Å². The monoisotopic (exact) mass is 392 g/mol. The van der Waals surface area contributed by atoms with Gasteiger partial charge in [-0.3, -0.25) is 4.79 Å². The quantitative estimate of drug-likeness (QED) is 0.755. The van der Waals surface area contributed by atoms with Crippen LogP contribution < -0.4 is 5.32 Å². The molecule has 1 atom stereocenters. The van der Waals surface area contributed by atoms with Crippen LogP contribution in [0.3, 0.4) is 0 Å². The molecule has 0 bridgehead atoms. The summed E-state index contributed by atoms with van der Waals surface area (Å²) in [5.41, 5.74) is 0.401. The maximum absolute atomic E-state index is 13.3. The van der Waals surface area contributed by atoms with Gasteiger partial charge in [-0.25, -0.2) is 4.39 Å². The zero-order valence-electron chi connectivity index (χ0n) is 12.4. The number of nitrogens with zero attached hydrogens (tertiary/aromatic N) is 1. The Morgan fingerprint density at radius 2 is 2.05 bits per heavy atom. The van der Waals surface area contributed by atoms with Crippen LogP contribution in [0.4, 0.5) is 4.39 Å². The topological polar surface area (TPSA) is 32.3 Å². The minimum absolute atomic E-state index is 0.0663. The number of likely N-dealkylation sites (N-methyl/N-ethyl adjacent to an activating group) is 1. The van der Waals surface area contributed by atoms with Crippen LogP contribution in [0.5, 0.6) is 0 Å². The van der Waals surface area contributed by atoms with Crippen molar-refractivity contribution in [3.63, 3.8) is 0 Å². The van der Waals surface area contributed by atoms with Gasteiger partial charge in [0.15, 0.2) is 0 Å². The average molecular weight is 392 g/mol. The molecule has 20 heavy (non-hydrogen) atoms. The normalized spacial score (nSPS) is 12.8. The summed E-state index contributed by atoms with van der Waals surface area (Å²) in [6, 6.07) is 4.34. The molecule has 0 fully saturated rings. The van der Waals surface area contributed by atoms with E-state index in [4.69, 9.17) is 0 Å². The minimum atomic E-state index is -0.386. The van der Waals surface area contributed by atoms with Gasteiger partial charge in [0.2, 0.25) is 0 Å². The number of carbonyl (C=O) groups excluding carboxylic acids is 1. The summed E-state index contributed by atoms with van der Waals surface area (Å²) in [5.74, 6) is -0.100. The lowest BCUT2D eigenvalue weighted by Crippen LogP contribution is -2.42. The lowest BCUT2D eigenvalue weighted by molar-refractivity contribution is 0.0923. The molecule has 1 aromatic rings. The third kappa shape index (κ3) is 5.75. The van der Waals surface area contributed by atoms with E-state index < -0.39 is 0 Å². The van der Waals surface area contributed by atoms with E-state index in [0.29, 0.717) is 11.5 Å². The first-order valence-corrected chi connectivity index (χ1v) is 7.78. The Kier molecular flexibility index (Phi) is 6.88. The van der Waals surface area contributed by atoms with Gasteiger partial charge in [-0.1, -0.05) is 13.8 Å². The van der Waals surface area contributed by atoms with Gasteiger partial charge >= 0.3 is 0 Å². The first-order chi connectivity index (χ1) is 9.29. The fourth-order valence-electron chi connectivity index (χ4n) is 2.12. The van der Waals surface area contributed by atoms with Crippen LogP contribution in [0.2, 0.25) is 0 Å². The third-order valence-electron chi connectivity index (χ3n) is 2.85. The van der Waals surface area contributed by atoms with Crippen molar-refractivity contribution < 1.29 is 9.18 Å². The van der Waals surface area contributed by atoms with Gasteiger partial charge in [-0.15, -0.1) is 0 Å². The summed E-state index contributed by atoms with van der Waals surface area (Å²) in [7, 11) is 3.96. The highest BCUT2D eigenvalue weighted by atomic mass is 127. The van der Waals surface area contributed by atoms with Gasteiger partial charge in [-0.2, -0.15) is 0 Å². The molecular weight excluding hydrogens is 370 g/mol. The summed E-state index contributed by atoms with van der Waals surface area (Å²) in [4.78, 5) is 14.3. The molecule has 0 radical (unpaired) electrons. The zero-order chi connectivity index (χ0) is 15.3. The van der Waals surface area contributed by atoms with Crippen molar-refractivity contribution in [3.05, 3.63) is 33.1 Å². The molecule has 1 rings (SSSR count). The first-order valence-electron chi connectivity index (χ1n) is 6.70. The lowest BCUT2D eigenvalue weighted by Gasteiger charge is -2.24. The van der Waals surface area contributed by atoms with Gasteiger partial charge in [-0.05, 0) is 67.2 Å². The van der Waals surface area contributed by atoms with Crippen molar-refractivity contribution in [2.75, 3.05) is 20.6 Å². The van der Waals surface area contributed by atoms with Crippen molar-refractivity contribution >= 4 is 28.5 Å². The van der Waals surface area contributed by atoms with E-state index in [0.717, 1.165) is 16.5 Å². The number of hydrogen-bond acceptors (Lipinski definition) is 2. The highest BCUT2D eigenvalue weighted by Crippen LogP contribution is 2.15. The fraction of sp³-hybridized carbons (Fsp3) is 0.533. The van der Waals surface area contributed by atoms with Gasteiger partial charge in [0.25, 0.3) is 5.91 Å². The molecule has 0 heterocycles. The molecule has 1 unspecified atom stereocenters. The molecule has 3 nitrogen and oxygen atoms in total. The molecule has 0 saturated heterocycles. The number of amides is 1. The van der Waals surface area contributed by atoms with Crippen LogP contribution in [0, 0.1) is 15.3 Å². The Hall–Kier alpha value is -0.690. The highest BCUT2D eigenvalue weighted by Gasteiger charge is 2.18. The van der Waals surface area contributed by atoms with Gasteiger partial charge in [0, 0.05) is 16.2 Å². The van der Waals surface area contributed by atoms with E-state index in [1.165, 1.54) is 12.1 Å². The fourth-order valence-corrected chi connectivity index (χ4v) is 2.70. The van der Waals surface area contributed by atoms with Gasteiger partial charge in [0.1, 0.15) is 5.82 Å². The maximum Gasteiger partial charge on any atom is 0.252 e. The molecule has 1 amide bonds. The van der Waals surface area contributed by atoms with Crippen molar-refractivity contribution in [1.29, 1.82) is 0 Å². The Balaban J connectivity index is 2.81. The second kappa shape index (κ2) is 7.93. The minimum Gasteiger partial charge on any atom is -0.348 e. The third-order valence-corrected chi connectivity index (χ3v) is 3.79. The SMILES string of the molecule is CC(C)CC(CN(C)C)NC(=O)c1cc(F)ccc1I. The smallest absolute Gasteiger partial charge is 0.252 e. The summed E-state index contributed by atoms with van der Waals surface area (Å²) < 4.78 is 14.0. The molecule has 0 aliphatic heterocycles. The number of benzene rings is 1. The molecule has 1 aromatic carbocycles. The van der Waals surface area contributed by atoms with Crippen LogP contribution in [-0.4, -0.2) is 37.5 Å². The lowest BCUT2D eigenvalue weighted by atomic mass is 10.0. The molecule has 1 N–H and O–H groups in total. The van der Waals surface area contributed by atoms with Crippen LogP contribution in [0.15, 0.2) is 18.2 Å². The van der Waals surface area contributed by atoms with E-state index in [2.05, 4.69) is 41.8 Å². The van der Waals surface area contributed by atoms with E-state index in [9.17, 15) is 9.18 Å². The summed E-state index contributed by atoms with van der Waals surface area (Å²) in [6.45, 7) is 5.03. The van der Waals surface area contributed by atoms with Crippen molar-refractivity contribution in [2.24, 2.45) is 5.92 Å². The molecule has 0 aliphatic carbocycles. The van der Waals surface area contributed by atoms with E-state index in [-0.39, 0.29) is 17.8 Å². The molecular formula is C15H22FIN2O. The average Bonchev–Trinajstić information content (AvgIpc) is 2.30. The number of halogens is 2. The Morgan fingerprint density at radius 3 is 2.60 bits per heavy atom. The first kappa shape index (κ1) is 17.4. The number of rotatable bonds is 6. The van der Waals surface area contributed by atoms with E-state index in [1.54, 1.807) is 6.07 Å². The predicted octanol–water partition coefficient (Wildman–Crippen LogP) is 3.14. The zero-order valence-corrected chi connectivity index (χ0v) is 14.6. The predicted molar refractivity (Wildman–Crippen MR) is 88.4 cm³/mol. The number of carbonyl (C=O) groups is 1. The van der Waals surface area contributed by atoms with Crippen molar-refractivity contribution in [1.82, 2.24) is 10.2 Å².